The van der Waals surface area contributed by atoms with Gasteiger partial charge in [0.15, 0.2) is 6.10 Å². The topological polar surface area (TPSA) is 77.0 Å². The summed E-state index contributed by atoms with van der Waals surface area (Å²) < 4.78 is 25.7. The largest absolute Gasteiger partial charge is 0.479 e. The van der Waals surface area contributed by atoms with E-state index in [9.17, 15) is 14.0 Å². The number of fused-ring (bicyclic) bond motifs is 1. The Bertz CT molecular complexity index is 1420. The van der Waals surface area contributed by atoms with E-state index in [1.165, 1.54) is 24.4 Å². The lowest BCUT2D eigenvalue weighted by Crippen LogP contribution is -2.35. The lowest BCUT2D eigenvalue weighted by molar-refractivity contribution is -0.128. The highest BCUT2D eigenvalue weighted by Gasteiger charge is 2.20. The van der Waals surface area contributed by atoms with Crippen LogP contribution in [0.3, 0.4) is 0 Å². The quantitative estimate of drug-likeness (QED) is 0.122. The van der Waals surface area contributed by atoms with Crippen LogP contribution in [-0.2, 0) is 4.79 Å². The van der Waals surface area contributed by atoms with Crippen molar-refractivity contribution in [1.82, 2.24) is 5.43 Å². The molecule has 0 saturated heterocycles. The summed E-state index contributed by atoms with van der Waals surface area (Å²) in [4.78, 5) is 24.8. The first-order valence-corrected chi connectivity index (χ1v) is 12.0. The van der Waals surface area contributed by atoms with Gasteiger partial charge >= 0.3 is 5.97 Å². The molecule has 0 unspecified atom stereocenters. The number of carbonyl (C=O) groups is 2. The summed E-state index contributed by atoms with van der Waals surface area (Å²) in [6.07, 6.45) is 1.17. The molecule has 0 aromatic heterocycles. The SMILES string of the molecule is CC[C@@H](Oc1ccc2ccccc2c1Br)C(=O)N/N=C\c1ccc(OC(=O)c2ccccc2F)cc1. The molecule has 0 heterocycles. The van der Waals surface area contributed by atoms with Crippen molar-refractivity contribution in [2.75, 3.05) is 0 Å². The number of hydrogen-bond donors (Lipinski definition) is 1. The molecule has 0 fully saturated rings. The van der Waals surface area contributed by atoms with E-state index in [-0.39, 0.29) is 17.2 Å². The number of hydrazone groups is 1. The number of nitrogens with one attached hydrogen (secondary N) is 1. The molecule has 4 aromatic carbocycles. The van der Waals surface area contributed by atoms with Crippen LogP contribution in [0.2, 0.25) is 0 Å². The summed E-state index contributed by atoms with van der Waals surface area (Å²) in [5, 5.41) is 6.05. The molecular formula is C28H22BrFN2O4. The average Bonchev–Trinajstić information content (AvgIpc) is 2.89. The molecule has 8 heteroatoms. The number of rotatable bonds is 8. The maximum Gasteiger partial charge on any atom is 0.346 e. The Labute approximate surface area is 215 Å². The Morgan fingerprint density at radius 1 is 1.00 bits per heavy atom. The fraction of sp³-hybridized carbons (Fsp3) is 0.107. The molecule has 4 rings (SSSR count). The number of hydrogen-bond acceptors (Lipinski definition) is 5. The van der Waals surface area contributed by atoms with Crippen molar-refractivity contribution in [3.05, 3.63) is 106 Å². The average molecular weight is 549 g/mol. The fourth-order valence-corrected chi connectivity index (χ4v) is 4.02. The number of nitrogens with zero attached hydrogens (tertiary/aromatic N) is 1. The maximum absolute atomic E-state index is 13.7. The molecule has 0 aliphatic carbocycles. The standard InChI is InChI=1S/C28H22BrFN2O4/c1-2-24(36-25-16-13-19-7-3-4-8-21(19)26(25)29)27(33)32-31-17-18-11-14-20(15-12-18)35-28(34)22-9-5-6-10-23(22)30/h3-17,24H,2H2,1H3,(H,32,33)/b31-17-/t24-/m1/s1. The first-order chi connectivity index (χ1) is 17.5. The minimum absolute atomic E-state index is 0.144. The second-order valence-electron chi connectivity index (χ2n) is 7.79. The van der Waals surface area contributed by atoms with E-state index in [2.05, 4.69) is 26.5 Å². The predicted octanol–water partition coefficient (Wildman–Crippen LogP) is 6.27. The van der Waals surface area contributed by atoms with Crippen LogP contribution < -0.4 is 14.9 Å². The zero-order valence-corrected chi connectivity index (χ0v) is 20.9. The third-order valence-corrected chi connectivity index (χ3v) is 6.15. The van der Waals surface area contributed by atoms with E-state index in [0.717, 1.165) is 15.2 Å². The van der Waals surface area contributed by atoms with Crippen LogP contribution in [0.25, 0.3) is 10.8 Å². The van der Waals surface area contributed by atoms with Crippen molar-refractivity contribution >= 4 is 44.8 Å². The first-order valence-electron chi connectivity index (χ1n) is 11.2. The highest BCUT2D eigenvalue weighted by Crippen LogP contribution is 2.33. The Balaban J connectivity index is 1.34. The monoisotopic (exact) mass is 548 g/mol. The molecule has 0 aliphatic heterocycles. The molecule has 0 radical (unpaired) electrons. The number of benzene rings is 4. The van der Waals surface area contributed by atoms with E-state index in [0.29, 0.717) is 17.7 Å². The van der Waals surface area contributed by atoms with Crippen LogP contribution in [-0.4, -0.2) is 24.2 Å². The second kappa shape index (κ2) is 11.6. The van der Waals surface area contributed by atoms with Crippen LogP contribution in [0.4, 0.5) is 4.39 Å². The van der Waals surface area contributed by atoms with Crippen molar-refractivity contribution in [2.24, 2.45) is 5.10 Å². The van der Waals surface area contributed by atoms with Gasteiger partial charge in [0, 0.05) is 0 Å². The molecule has 182 valence electrons. The van der Waals surface area contributed by atoms with Gasteiger partial charge in [0.25, 0.3) is 5.91 Å². The molecule has 1 N–H and O–H groups in total. The van der Waals surface area contributed by atoms with Crippen molar-refractivity contribution in [2.45, 2.75) is 19.4 Å². The number of halogens is 2. The van der Waals surface area contributed by atoms with Gasteiger partial charge in [-0.05, 0) is 81.2 Å². The summed E-state index contributed by atoms with van der Waals surface area (Å²) in [7, 11) is 0. The maximum atomic E-state index is 13.7. The summed E-state index contributed by atoms with van der Waals surface area (Å²) in [5.74, 6) is -0.996. The smallest absolute Gasteiger partial charge is 0.346 e. The van der Waals surface area contributed by atoms with Crippen molar-refractivity contribution < 1.29 is 23.5 Å². The molecule has 0 spiro atoms. The van der Waals surface area contributed by atoms with E-state index in [4.69, 9.17) is 9.47 Å². The fourth-order valence-electron chi connectivity index (χ4n) is 3.43. The molecule has 36 heavy (non-hydrogen) atoms. The number of amides is 1. The number of carbonyl (C=O) groups excluding carboxylic acids is 2. The zero-order chi connectivity index (χ0) is 25.5. The Morgan fingerprint density at radius 3 is 2.47 bits per heavy atom. The van der Waals surface area contributed by atoms with E-state index >= 15 is 0 Å². The minimum Gasteiger partial charge on any atom is -0.479 e. The molecule has 1 amide bonds. The van der Waals surface area contributed by atoms with E-state index < -0.39 is 17.9 Å². The summed E-state index contributed by atoms with van der Waals surface area (Å²) in [5.41, 5.74) is 3.01. The molecule has 4 aromatic rings. The summed E-state index contributed by atoms with van der Waals surface area (Å²) in [6.45, 7) is 1.85. The highest BCUT2D eigenvalue weighted by molar-refractivity contribution is 9.10. The lowest BCUT2D eigenvalue weighted by atomic mass is 10.1. The highest BCUT2D eigenvalue weighted by atomic mass is 79.9. The van der Waals surface area contributed by atoms with E-state index in [1.807, 2.05) is 43.3 Å². The van der Waals surface area contributed by atoms with Gasteiger partial charge in [-0.2, -0.15) is 5.10 Å². The normalized spacial score (nSPS) is 11.9. The van der Waals surface area contributed by atoms with Crippen molar-refractivity contribution in [3.63, 3.8) is 0 Å². The van der Waals surface area contributed by atoms with Gasteiger partial charge in [0.2, 0.25) is 0 Å². The van der Waals surface area contributed by atoms with Crippen LogP contribution in [0, 0.1) is 5.82 Å². The number of esters is 1. The van der Waals surface area contributed by atoms with Gasteiger partial charge in [-0.1, -0.05) is 49.4 Å². The molecular weight excluding hydrogens is 527 g/mol. The summed E-state index contributed by atoms with van der Waals surface area (Å²) in [6, 6.07) is 23.7. The van der Waals surface area contributed by atoms with Gasteiger partial charge in [0.1, 0.15) is 17.3 Å². The van der Waals surface area contributed by atoms with E-state index in [1.54, 1.807) is 30.3 Å². The number of ether oxygens (including phenoxy) is 2. The zero-order valence-electron chi connectivity index (χ0n) is 19.3. The van der Waals surface area contributed by atoms with Gasteiger partial charge < -0.3 is 9.47 Å². The van der Waals surface area contributed by atoms with Gasteiger partial charge in [0.05, 0.1) is 16.3 Å². The third kappa shape index (κ3) is 5.95. The minimum atomic E-state index is -0.787. The van der Waals surface area contributed by atoms with Gasteiger partial charge in [-0.15, -0.1) is 0 Å². The Morgan fingerprint density at radius 2 is 1.72 bits per heavy atom. The van der Waals surface area contributed by atoms with Crippen molar-refractivity contribution in [1.29, 1.82) is 0 Å². The third-order valence-electron chi connectivity index (χ3n) is 5.33. The predicted molar refractivity (Wildman–Crippen MR) is 140 cm³/mol. The Hall–Kier alpha value is -4.04. The first kappa shape index (κ1) is 25.1. The molecule has 1 atom stereocenters. The van der Waals surface area contributed by atoms with Gasteiger partial charge in [-0.3, -0.25) is 4.79 Å². The van der Waals surface area contributed by atoms with Crippen LogP contribution in [0.5, 0.6) is 11.5 Å². The molecule has 0 saturated carbocycles. The lowest BCUT2D eigenvalue weighted by Gasteiger charge is -2.17. The summed E-state index contributed by atoms with van der Waals surface area (Å²) >= 11 is 3.57. The van der Waals surface area contributed by atoms with Gasteiger partial charge in [-0.25, -0.2) is 14.6 Å². The second-order valence-corrected chi connectivity index (χ2v) is 8.58. The van der Waals surface area contributed by atoms with Crippen LogP contribution >= 0.6 is 15.9 Å². The molecule has 0 bridgehead atoms. The molecule has 6 nitrogen and oxygen atoms in total. The van der Waals surface area contributed by atoms with Crippen LogP contribution in [0.15, 0.2) is 94.5 Å². The van der Waals surface area contributed by atoms with Crippen molar-refractivity contribution in [3.8, 4) is 11.5 Å². The Kier molecular flexibility index (Phi) is 8.07. The molecule has 0 aliphatic rings. The van der Waals surface area contributed by atoms with Crippen LogP contribution in [0.1, 0.15) is 29.3 Å².